The standard InChI is InChI=1S/C10H11ClN2O/c1-7(14)8-2-4-9(5-3-8)13-10(12)6-11/h2-5H,6H2,1H3,(H2,12,13). The fourth-order valence-corrected chi connectivity index (χ4v) is 1.03. The van der Waals surface area contributed by atoms with Gasteiger partial charge in [0.1, 0.15) is 5.84 Å². The van der Waals surface area contributed by atoms with Crippen molar-refractivity contribution >= 4 is 28.9 Å². The van der Waals surface area contributed by atoms with Crippen LogP contribution < -0.4 is 5.73 Å². The quantitative estimate of drug-likeness (QED) is 0.360. The molecule has 0 saturated heterocycles. The maximum absolute atomic E-state index is 11.0. The summed E-state index contributed by atoms with van der Waals surface area (Å²) >= 11 is 5.47. The molecule has 14 heavy (non-hydrogen) atoms. The molecule has 2 N–H and O–H groups in total. The van der Waals surface area contributed by atoms with Gasteiger partial charge in [-0.2, -0.15) is 0 Å². The predicted octanol–water partition coefficient (Wildman–Crippen LogP) is 2.12. The third-order valence-corrected chi connectivity index (χ3v) is 1.96. The maximum Gasteiger partial charge on any atom is 0.159 e. The Morgan fingerprint density at radius 1 is 1.43 bits per heavy atom. The molecule has 4 heteroatoms. The van der Waals surface area contributed by atoms with Gasteiger partial charge < -0.3 is 5.73 Å². The molecule has 0 aliphatic carbocycles. The lowest BCUT2D eigenvalue weighted by Gasteiger charge is -1.98. The van der Waals surface area contributed by atoms with Gasteiger partial charge in [-0.05, 0) is 31.2 Å². The van der Waals surface area contributed by atoms with E-state index in [9.17, 15) is 4.79 Å². The zero-order chi connectivity index (χ0) is 10.6. The van der Waals surface area contributed by atoms with Crippen LogP contribution in [0.4, 0.5) is 5.69 Å². The van der Waals surface area contributed by atoms with Crippen LogP contribution in [-0.2, 0) is 0 Å². The van der Waals surface area contributed by atoms with Crippen molar-refractivity contribution in [1.82, 2.24) is 0 Å². The van der Waals surface area contributed by atoms with Gasteiger partial charge in [0, 0.05) is 5.56 Å². The van der Waals surface area contributed by atoms with Crippen molar-refractivity contribution in [3.05, 3.63) is 29.8 Å². The SMILES string of the molecule is CC(=O)c1ccc(N=C(N)CCl)cc1. The van der Waals surface area contributed by atoms with Gasteiger partial charge >= 0.3 is 0 Å². The molecule has 0 spiro atoms. The lowest BCUT2D eigenvalue weighted by Crippen LogP contribution is -2.12. The number of nitrogens with zero attached hydrogens (tertiary/aromatic N) is 1. The number of carbonyl (C=O) groups is 1. The summed E-state index contributed by atoms with van der Waals surface area (Å²) in [5.74, 6) is 0.599. The Hall–Kier alpha value is -1.35. The van der Waals surface area contributed by atoms with E-state index < -0.39 is 0 Å². The maximum atomic E-state index is 11.0. The zero-order valence-corrected chi connectivity index (χ0v) is 8.58. The lowest BCUT2D eigenvalue weighted by atomic mass is 10.1. The molecule has 0 fully saturated rings. The topological polar surface area (TPSA) is 55.5 Å². The van der Waals surface area contributed by atoms with Crippen molar-refractivity contribution < 1.29 is 4.79 Å². The summed E-state index contributed by atoms with van der Waals surface area (Å²) in [6.07, 6.45) is 0. The first-order chi connectivity index (χ1) is 6.63. The first-order valence-electron chi connectivity index (χ1n) is 4.13. The van der Waals surface area contributed by atoms with Crippen LogP contribution in [0.3, 0.4) is 0 Å². The number of ketones is 1. The number of benzene rings is 1. The van der Waals surface area contributed by atoms with Crippen LogP contribution in [-0.4, -0.2) is 17.5 Å². The van der Waals surface area contributed by atoms with E-state index in [-0.39, 0.29) is 11.7 Å². The monoisotopic (exact) mass is 210 g/mol. The highest BCUT2D eigenvalue weighted by Crippen LogP contribution is 2.13. The Labute approximate surface area is 87.6 Å². The number of halogens is 1. The molecule has 1 aromatic rings. The molecule has 0 saturated carbocycles. The van der Waals surface area contributed by atoms with Crippen molar-refractivity contribution in [3.8, 4) is 0 Å². The van der Waals surface area contributed by atoms with E-state index in [4.69, 9.17) is 17.3 Å². The number of amidine groups is 1. The molecular weight excluding hydrogens is 200 g/mol. The van der Waals surface area contributed by atoms with Crippen LogP contribution in [0, 0.1) is 0 Å². The minimum Gasteiger partial charge on any atom is -0.386 e. The third kappa shape index (κ3) is 2.85. The number of alkyl halides is 1. The number of hydrogen-bond acceptors (Lipinski definition) is 2. The molecule has 1 aromatic carbocycles. The molecule has 0 aliphatic heterocycles. The second-order valence-electron chi connectivity index (χ2n) is 2.84. The highest BCUT2D eigenvalue weighted by Gasteiger charge is 1.98. The van der Waals surface area contributed by atoms with Gasteiger partial charge in [-0.15, -0.1) is 11.6 Å². The fraction of sp³-hybridized carbons (Fsp3) is 0.200. The zero-order valence-electron chi connectivity index (χ0n) is 7.83. The summed E-state index contributed by atoms with van der Waals surface area (Å²) in [6, 6.07) is 6.89. The van der Waals surface area contributed by atoms with E-state index in [1.807, 2.05) is 0 Å². The summed E-state index contributed by atoms with van der Waals surface area (Å²) < 4.78 is 0. The molecule has 0 atom stereocenters. The van der Waals surface area contributed by atoms with Crippen molar-refractivity contribution in [2.75, 3.05) is 5.88 Å². The number of hydrogen-bond donors (Lipinski definition) is 1. The largest absolute Gasteiger partial charge is 0.386 e. The number of carbonyl (C=O) groups excluding carboxylic acids is 1. The molecule has 0 heterocycles. The van der Waals surface area contributed by atoms with Crippen LogP contribution in [0.1, 0.15) is 17.3 Å². The van der Waals surface area contributed by atoms with Gasteiger partial charge in [0.05, 0.1) is 11.6 Å². The van der Waals surface area contributed by atoms with Crippen molar-refractivity contribution in [3.63, 3.8) is 0 Å². The van der Waals surface area contributed by atoms with Crippen LogP contribution in [0.15, 0.2) is 29.3 Å². The van der Waals surface area contributed by atoms with E-state index in [0.29, 0.717) is 17.1 Å². The van der Waals surface area contributed by atoms with Gasteiger partial charge in [0.25, 0.3) is 0 Å². The Kier molecular flexibility index (Phi) is 3.65. The van der Waals surface area contributed by atoms with E-state index in [2.05, 4.69) is 4.99 Å². The summed E-state index contributed by atoms with van der Waals surface area (Å²) in [7, 11) is 0. The van der Waals surface area contributed by atoms with Gasteiger partial charge in [0.2, 0.25) is 0 Å². The molecule has 3 nitrogen and oxygen atoms in total. The Morgan fingerprint density at radius 2 is 2.00 bits per heavy atom. The fourth-order valence-electron chi connectivity index (χ4n) is 0.966. The minimum atomic E-state index is 0.0332. The highest BCUT2D eigenvalue weighted by atomic mass is 35.5. The smallest absolute Gasteiger partial charge is 0.159 e. The molecule has 1 rings (SSSR count). The summed E-state index contributed by atoms with van der Waals surface area (Å²) in [5, 5.41) is 0. The first kappa shape index (κ1) is 10.7. The van der Waals surface area contributed by atoms with E-state index in [0.717, 1.165) is 0 Å². The average molecular weight is 211 g/mol. The van der Waals surface area contributed by atoms with Gasteiger partial charge in [0.15, 0.2) is 5.78 Å². The first-order valence-corrected chi connectivity index (χ1v) is 4.67. The van der Waals surface area contributed by atoms with Crippen LogP contribution in [0.5, 0.6) is 0 Å². The Morgan fingerprint density at radius 3 is 2.43 bits per heavy atom. The number of aliphatic imine (C=N–C) groups is 1. The molecule has 0 radical (unpaired) electrons. The number of rotatable bonds is 3. The predicted molar refractivity (Wildman–Crippen MR) is 58.4 cm³/mol. The van der Waals surface area contributed by atoms with Gasteiger partial charge in [-0.25, -0.2) is 4.99 Å². The van der Waals surface area contributed by atoms with E-state index in [1.54, 1.807) is 24.3 Å². The van der Waals surface area contributed by atoms with Crippen molar-refractivity contribution in [1.29, 1.82) is 0 Å². The Bertz CT molecular complexity index is 357. The molecule has 74 valence electrons. The highest BCUT2D eigenvalue weighted by molar-refractivity contribution is 6.28. The lowest BCUT2D eigenvalue weighted by molar-refractivity contribution is 0.101. The normalized spacial score (nSPS) is 11.4. The van der Waals surface area contributed by atoms with E-state index >= 15 is 0 Å². The van der Waals surface area contributed by atoms with Crippen molar-refractivity contribution in [2.45, 2.75) is 6.92 Å². The molecule has 0 aliphatic rings. The van der Waals surface area contributed by atoms with Crippen LogP contribution >= 0.6 is 11.6 Å². The minimum absolute atomic E-state index is 0.0332. The second-order valence-corrected chi connectivity index (χ2v) is 3.11. The summed E-state index contributed by atoms with van der Waals surface area (Å²) in [5.41, 5.74) is 6.82. The number of Topliss-reactive ketones (excluding diaryl/α,β-unsaturated/α-hetero) is 1. The molecule has 0 bridgehead atoms. The van der Waals surface area contributed by atoms with E-state index in [1.165, 1.54) is 6.92 Å². The van der Waals surface area contributed by atoms with Crippen LogP contribution in [0.2, 0.25) is 0 Å². The van der Waals surface area contributed by atoms with Gasteiger partial charge in [-0.3, -0.25) is 4.79 Å². The van der Waals surface area contributed by atoms with Crippen LogP contribution in [0.25, 0.3) is 0 Å². The molecular formula is C10H11ClN2O. The molecule has 0 unspecified atom stereocenters. The summed E-state index contributed by atoms with van der Waals surface area (Å²) in [6.45, 7) is 1.52. The van der Waals surface area contributed by atoms with Crippen molar-refractivity contribution in [2.24, 2.45) is 10.7 Å². The molecule has 0 aromatic heterocycles. The molecule has 0 amide bonds. The Balaban J connectivity index is 2.89. The average Bonchev–Trinajstić information content (AvgIpc) is 2.18. The third-order valence-electron chi connectivity index (χ3n) is 1.68. The number of nitrogens with two attached hydrogens (primary N) is 1. The second kappa shape index (κ2) is 4.77. The summed E-state index contributed by atoms with van der Waals surface area (Å²) in [4.78, 5) is 15.0. The van der Waals surface area contributed by atoms with Gasteiger partial charge in [-0.1, -0.05) is 0 Å².